The summed E-state index contributed by atoms with van der Waals surface area (Å²) in [6.45, 7) is 3.94. The summed E-state index contributed by atoms with van der Waals surface area (Å²) in [5.74, 6) is -1.01. The summed E-state index contributed by atoms with van der Waals surface area (Å²) in [6, 6.07) is 1.28. The molecule has 0 aliphatic rings. The number of pyridine rings is 2. The van der Waals surface area contributed by atoms with Crippen molar-refractivity contribution in [3.8, 4) is 0 Å². The maximum absolute atomic E-state index is 14.5. The first-order valence-corrected chi connectivity index (χ1v) is 13.6. The zero-order chi connectivity index (χ0) is 31.1. The second-order valence-corrected chi connectivity index (χ2v) is 11.0. The van der Waals surface area contributed by atoms with Gasteiger partial charge in [-0.05, 0) is 37.3 Å². The second kappa shape index (κ2) is 14.1. The molecule has 3 aromatic rings. The van der Waals surface area contributed by atoms with Crippen molar-refractivity contribution < 1.29 is 23.5 Å². The molecule has 14 heteroatoms. The third kappa shape index (κ3) is 8.38. The number of hydrogen-bond acceptors (Lipinski definition) is 7. The number of fused-ring (bicyclic) bond motifs is 1. The SMILES string of the molecule is CC(C)Cc1ncc(F)c2nc(Cn3cc(Cl)cc(NC(=O)[C@H](CC/C=C/C(=O)N(C)C)OC(=O)N(C)C)c3=O)[nH]c12. The molecule has 0 aromatic carbocycles. The number of imidazole rings is 1. The predicted octanol–water partition coefficient (Wildman–Crippen LogP) is 3.59. The van der Waals surface area contributed by atoms with E-state index in [2.05, 4.69) is 20.3 Å². The number of H-pyrrole nitrogens is 1. The number of hydrogen-bond donors (Lipinski definition) is 2. The third-order valence-corrected chi connectivity index (χ3v) is 6.24. The third-order valence-electron chi connectivity index (χ3n) is 6.03. The van der Waals surface area contributed by atoms with Crippen LogP contribution in [0, 0.1) is 11.7 Å². The number of carbonyl (C=O) groups is 3. The molecular weight excluding hydrogens is 569 g/mol. The van der Waals surface area contributed by atoms with Crippen LogP contribution in [-0.4, -0.2) is 81.5 Å². The molecule has 3 amide bonds. The smallest absolute Gasteiger partial charge is 0.410 e. The number of aromatic nitrogens is 4. The number of ether oxygens (including phenoxy) is 1. The van der Waals surface area contributed by atoms with E-state index < -0.39 is 29.5 Å². The number of aromatic amines is 1. The summed E-state index contributed by atoms with van der Waals surface area (Å²) in [4.78, 5) is 64.6. The van der Waals surface area contributed by atoms with Gasteiger partial charge in [0, 0.05) is 34.4 Å². The fraction of sp³-hybridized carbons (Fsp3) is 0.429. The molecule has 226 valence electrons. The molecule has 3 aromatic heterocycles. The van der Waals surface area contributed by atoms with Crippen molar-refractivity contribution in [1.29, 1.82) is 0 Å². The molecule has 12 nitrogen and oxygen atoms in total. The van der Waals surface area contributed by atoms with Gasteiger partial charge in [0.15, 0.2) is 11.9 Å². The van der Waals surface area contributed by atoms with E-state index >= 15 is 0 Å². The number of halogens is 2. The number of likely N-dealkylation sites (N-methyl/N-ethyl adjacent to an activating group) is 1. The number of amides is 3. The van der Waals surface area contributed by atoms with Crippen molar-refractivity contribution in [2.75, 3.05) is 33.5 Å². The van der Waals surface area contributed by atoms with Crippen LogP contribution >= 0.6 is 11.6 Å². The van der Waals surface area contributed by atoms with Crippen LogP contribution in [0.1, 0.15) is 38.2 Å². The monoisotopic (exact) mass is 603 g/mol. The zero-order valence-electron chi connectivity index (χ0n) is 24.4. The largest absolute Gasteiger partial charge is 0.436 e. The second-order valence-electron chi connectivity index (χ2n) is 10.5. The lowest BCUT2D eigenvalue weighted by Gasteiger charge is -2.20. The molecule has 2 N–H and O–H groups in total. The standard InChI is InChI=1S/C28H35ClFN7O5/c1-16(2)11-19-25-24(18(30)13-31-19)33-22(34-25)15-37-14-17(29)12-20(27(37)40)32-26(39)21(42-28(41)36(5)6)9-7-8-10-23(38)35(3)4/h8,10,12-14,16,21H,7,9,11,15H2,1-6H3,(H,32,39)(H,33,34)/b10-8+/t21-/m0/s1. The van der Waals surface area contributed by atoms with Crippen molar-refractivity contribution in [3.05, 3.63) is 63.3 Å². The van der Waals surface area contributed by atoms with Crippen LogP contribution in [0.2, 0.25) is 5.02 Å². The van der Waals surface area contributed by atoms with Gasteiger partial charge >= 0.3 is 6.09 Å². The summed E-state index contributed by atoms with van der Waals surface area (Å²) < 4.78 is 21.0. The predicted molar refractivity (Wildman–Crippen MR) is 157 cm³/mol. The van der Waals surface area contributed by atoms with Crippen LogP contribution in [0.5, 0.6) is 0 Å². The van der Waals surface area contributed by atoms with Gasteiger partial charge < -0.3 is 29.4 Å². The van der Waals surface area contributed by atoms with Crippen molar-refractivity contribution in [1.82, 2.24) is 29.3 Å². The topological polar surface area (TPSA) is 143 Å². The van der Waals surface area contributed by atoms with E-state index in [9.17, 15) is 23.6 Å². The van der Waals surface area contributed by atoms with Crippen LogP contribution in [0.25, 0.3) is 11.0 Å². The van der Waals surface area contributed by atoms with Gasteiger partial charge in [-0.2, -0.15) is 0 Å². The van der Waals surface area contributed by atoms with Gasteiger partial charge in [-0.15, -0.1) is 0 Å². The Bertz CT molecular complexity index is 1550. The molecule has 0 aliphatic carbocycles. The summed E-state index contributed by atoms with van der Waals surface area (Å²) in [7, 11) is 6.14. The Hall–Kier alpha value is -4.26. The Labute approximate surface area is 247 Å². The molecule has 0 spiro atoms. The minimum Gasteiger partial charge on any atom is -0.436 e. The van der Waals surface area contributed by atoms with Crippen LogP contribution < -0.4 is 10.9 Å². The molecule has 0 aliphatic heterocycles. The van der Waals surface area contributed by atoms with Crippen LogP contribution in [0.4, 0.5) is 14.9 Å². The highest BCUT2D eigenvalue weighted by Gasteiger charge is 2.25. The highest BCUT2D eigenvalue weighted by atomic mass is 35.5. The number of nitrogens with one attached hydrogen (secondary N) is 2. The lowest BCUT2D eigenvalue weighted by atomic mass is 10.1. The lowest BCUT2D eigenvalue weighted by Crippen LogP contribution is -2.37. The van der Waals surface area contributed by atoms with Gasteiger partial charge in [-0.1, -0.05) is 31.5 Å². The minimum atomic E-state index is -1.27. The lowest BCUT2D eigenvalue weighted by molar-refractivity contribution is -0.125. The average molecular weight is 604 g/mol. The van der Waals surface area contributed by atoms with E-state index in [-0.39, 0.29) is 47.4 Å². The van der Waals surface area contributed by atoms with E-state index in [0.717, 1.165) is 11.1 Å². The Balaban J connectivity index is 1.85. The van der Waals surface area contributed by atoms with E-state index in [1.807, 2.05) is 13.8 Å². The Morgan fingerprint density at radius 2 is 1.93 bits per heavy atom. The van der Waals surface area contributed by atoms with Gasteiger partial charge in [0.1, 0.15) is 17.0 Å². The van der Waals surface area contributed by atoms with E-state index in [4.69, 9.17) is 16.3 Å². The summed E-state index contributed by atoms with van der Waals surface area (Å²) in [6.07, 6.45) is 4.29. The molecule has 0 saturated carbocycles. The van der Waals surface area contributed by atoms with Crippen molar-refractivity contribution in [2.24, 2.45) is 5.92 Å². The van der Waals surface area contributed by atoms with Crippen LogP contribution in [0.3, 0.4) is 0 Å². The van der Waals surface area contributed by atoms with Crippen LogP contribution in [-0.2, 0) is 27.3 Å². The maximum atomic E-state index is 14.5. The van der Waals surface area contributed by atoms with Gasteiger partial charge in [-0.25, -0.2) is 14.2 Å². The number of allylic oxidation sites excluding steroid dienone is 1. The van der Waals surface area contributed by atoms with E-state index in [0.29, 0.717) is 23.5 Å². The van der Waals surface area contributed by atoms with Crippen LogP contribution in [0.15, 0.2) is 35.4 Å². The molecule has 0 fully saturated rings. The first kappa shape index (κ1) is 32.3. The molecule has 3 rings (SSSR count). The molecule has 1 atom stereocenters. The molecule has 0 saturated heterocycles. The first-order valence-electron chi connectivity index (χ1n) is 13.2. The highest BCUT2D eigenvalue weighted by Crippen LogP contribution is 2.21. The first-order chi connectivity index (χ1) is 19.8. The summed E-state index contributed by atoms with van der Waals surface area (Å²) in [5, 5.41) is 2.64. The van der Waals surface area contributed by atoms with Gasteiger partial charge in [0.2, 0.25) is 5.91 Å². The summed E-state index contributed by atoms with van der Waals surface area (Å²) in [5.41, 5.74) is 0.468. The zero-order valence-corrected chi connectivity index (χ0v) is 25.2. The highest BCUT2D eigenvalue weighted by molar-refractivity contribution is 6.30. The Morgan fingerprint density at radius 3 is 2.57 bits per heavy atom. The Kier molecular flexibility index (Phi) is 10.8. The number of nitrogens with zero attached hydrogens (tertiary/aromatic N) is 5. The number of carbonyl (C=O) groups excluding carboxylic acids is 3. The molecule has 0 unspecified atom stereocenters. The van der Waals surface area contributed by atoms with E-state index in [1.54, 1.807) is 20.2 Å². The van der Waals surface area contributed by atoms with Crippen molar-refractivity contribution in [2.45, 2.75) is 45.8 Å². The quantitative estimate of drug-likeness (QED) is 0.319. The fourth-order valence-corrected chi connectivity index (χ4v) is 4.14. The molecule has 0 radical (unpaired) electrons. The number of anilines is 1. The fourth-order valence-electron chi connectivity index (χ4n) is 3.91. The van der Waals surface area contributed by atoms with Gasteiger partial charge in [0.25, 0.3) is 11.5 Å². The average Bonchev–Trinajstić information content (AvgIpc) is 3.34. The minimum absolute atomic E-state index is 0.0503. The van der Waals surface area contributed by atoms with Crippen molar-refractivity contribution in [3.63, 3.8) is 0 Å². The maximum Gasteiger partial charge on any atom is 0.410 e. The van der Waals surface area contributed by atoms with Crippen molar-refractivity contribution >= 4 is 46.2 Å². The molecule has 42 heavy (non-hydrogen) atoms. The summed E-state index contributed by atoms with van der Waals surface area (Å²) >= 11 is 6.27. The molecule has 3 heterocycles. The normalized spacial score (nSPS) is 12.1. The van der Waals surface area contributed by atoms with Gasteiger partial charge in [-0.3, -0.25) is 19.4 Å². The molecular formula is C28H35ClFN7O5. The van der Waals surface area contributed by atoms with E-state index in [1.165, 1.54) is 41.9 Å². The number of rotatable bonds is 11. The Morgan fingerprint density at radius 1 is 1.21 bits per heavy atom. The molecule has 0 bridgehead atoms. The van der Waals surface area contributed by atoms with Gasteiger partial charge in [0.05, 0.1) is 29.0 Å².